The summed E-state index contributed by atoms with van der Waals surface area (Å²) in [5, 5.41) is 0. The predicted octanol–water partition coefficient (Wildman–Crippen LogP) is 3.45. The lowest BCUT2D eigenvalue weighted by Gasteiger charge is -2.09. The Labute approximate surface area is 103 Å². The molecule has 0 spiro atoms. The highest BCUT2D eigenvalue weighted by Crippen LogP contribution is 2.31. The molecule has 0 saturated carbocycles. The van der Waals surface area contributed by atoms with E-state index in [0.29, 0.717) is 23.2 Å². The molecule has 0 aliphatic heterocycles. The van der Waals surface area contributed by atoms with Crippen LogP contribution in [0.5, 0.6) is 5.75 Å². The Morgan fingerprint density at radius 1 is 1.11 bits per heavy atom. The zero-order chi connectivity index (χ0) is 13.1. The van der Waals surface area contributed by atoms with Gasteiger partial charge in [-0.05, 0) is 35.9 Å². The van der Waals surface area contributed by atoms with Gasteiger partial charge in [0, 0.05) is 5.56 Å². The molecule has 0 amide bonds. The zero-order valence-corrected chi connectivity index (χ0v) is 9.61. The topological polar surface area (TPSA) is 26.3 Å². The molecular weight excluding hydrogens is 238 g/mol. The Bertz CT molecular complexity index is 594. The lowest BCUT2D eigenvalue weighted by molar-refractivity contribution is 0.112. The molecule has 0 bridgehead atoms. The van der Waals surface area contributed by atoms with Gasteiger partial charge in [0.1, 0.15) is 17.4 Å². The number of halogens is 2. The number of ether oxygens (including phenoxy) is 1. The first kappa shape index (κ1) is 12.2. The summed E-state index contributed by atoms with van der Waals surface area (Å²) in [6.07, 6.45) is 0.432. The van der Waals surface area contributed by atoms with Crippen molar-refractivity contribution in [3.63, 3.8) is 0 Å². The number of carbonyl (C=O) groups excluding carboxylic acids is 1. The van der Waals surface area contributed by atoms with Gasteiger partial charge in [-0.1, -0.05) is 6.07 Å². The molecule has 0 radical (unpaired) electrons. The summed E-state index contributed by atoms with van der Waals surface area (Å²) >= 11 is 0. The van der Waals surface area contributed by atoms with Gasteiger partial charge >= 0.3 is 0 Å². The second kappa shape index (κ2) is 4.96. The Morgan fingerprint density at radius 3 is 2.50 bits per heavy atom. The summed E-state index contributed by atoms with van der Waals surface area (Å²) in [6, 6.07) is 8.07. The monoisotopic (exact) mass is 248 g/mol. The molecule has 2 nitrogen and oxygen atoms in total. The molecule has 0 aliphatic rings. The van der Waals surface area contributed by atoms with E-state index in [1.54, 1.807) is 6.07 Å². The van der Waals surface area contributed by atoms with Gasteiger partial charge in [-0.2, -0.15) is 0 Å². The maximum atomic E-state index is 13.5. The fourth-order valence-corrected chi connectivity index (χ4v) is 1.70. The summed E-state index contributed by atoms with van der Waals surface area (Å²) in [5.41, 5.74) is 0.859. The third-order valence-electron chi connectivity index (χ3n) is 2.60. The van der Waals surface area contributed by atoms with Crippen molar-refractivity contribution in [2.45, 2.75) is 0 Å². The van der Waals surface area contributed by atoms with Gasteiger partial charge in [0.15, 0.2) is 6.29 Å². The Kier molecular flexibility index (Phi) is 3.37. The fraction of sp³-hybridized carbons (Fsp3) is 0.0714. The van der Waals surface area contributed by atoms with E-state index in [9.17, 15) is 13.6 Å². The molecule has 18 heavy (non-hydrogen) atoms. The van der Waals surface area contributed by atoms with Crippen molar-refractivity contribution < 1.29 is 18.3 Å². The average molecular weight is 248 g/mol. The SMILES string of the molecule is COc1ccc(F)cc1-c1ccc(C=O)c(F)c1. The number of hydrogen-bond donors (Lipinski definition) is 0. The van der Waals surface area contributed by atoms with Crippen LogP contribution >= 0.6 is 0 Å². The third-order valence-corrected chi connectivity index (χ3v) is 2.60. The van der Waals surface area contributed by atoms with E-state index in [-0.39, 0.29) is 5.56 Å². The van der Waals surface area contributed by atoms with Crippen LogP contribution in [-0.2, 0) is 0 Å². The molecule has 4 heteroatoms. The summed E-state index contributed by atoms with van der Waals surface area (Å²) in [5.74, 6) is -0.644. The lowest BCUT2D eigenvalue weighted by atomic mass is 10.0. The molecule has 0 aliphatic carbocycles. The van der Waals surface area contributed by atoms with E-state index in [4.69, 9.17) is 4.74 Å². The minimum atomic E-state index is -0.645. The second-order valence-corrected chi connectivity index (χ2v) is 3.70. The number of carbonyl (C=O) groups is 1. The van der Waals surface area contributed by atoms with E-state index in [1.807, 2.05) is 0 Å². The Balaban J connectivity index is 2.57. The van der Waals surface area contributed by atoms with Gasteiger partial charge in [0.05, 0.1) is 12.7 Å². The second-order valence-electron chi connectivity index (χ2n) is 3.70. The largest absolute Gasteiger partial charge is 0.496 e. The van der Waals surface area contributed by atoms with Crippen molar-refractivity contribution in [2.24, 2.45) is 0 Å². The van der Waals surface area contributed by atoms with E-state index in [0.717, 1.165) is 0 Å². The predicted molar refractivity (Wildman–Crippen MR) is 63.7 cm³/mol. The van der Waals surface area contributed by atoms with E-state index in [2.05, 4.69) is 0 Å². The van der Waals surface area contributed by atoms with Crippen LogP contribution in [0.2, 0.25) is 0 Å². The van der Waals surface area contributed by atoms with E-state index < -0.39 is 11.6 Å². The van der Waals surface area contributed by atoms with Crippen LogP contribution in [0, 0.1) is 11.6 Å². The first-order valence-electron chi connectivity index (χ1n) is 5.24. The van der Waals surface area contributed by atoms with Crippen LogP contribution in [0.25, 0.3) is 11.1 Å². The maximum Gasteiger partial charge on any atom is 0.152 e. The molecule has 0 N–H and O–H groups in total. The van der Waals surface area contributed by atoms with Crippen LogP contribution in [0.1, 0.15) is 10.4 Å². The summed E-state index contributed by atoms with van der Waals surface area (Å²) in [4.78, 5) is 10.5. The van der Waals surface area contributed by atoms with Crippen molar-refractivity contribution in [1.29, 1.82) is 0 Å². The van der Waals surface area contributed by atoms with Crippen molar-refractivity contribution in [3.05, 3.63) is 53.6 Å². The van der Waals surface area contributed by atoms with Gasteiger partial charge in [-0.15, -0.1) is 0 Å². The van der Waals surface area contributed by atoms with E-state index >= 15 is 0 Å². The van der Waals surface area contributed by atoms with Crippen molar-refractivity contribution >= 4 is 6.29 Å². The minimum Gasteiger partial charge on any atom is -0.496 e. The fourth-order valence-electron chi connectivity index (χ4n) is 1.70. The molecule has 92 valence electrons. The van der Waals surface area contributed by atoms with Crippen LogP contribution in [-0.4, -0.2) is 13.4 Å². The maximum absolute atomic E-state index is 13.5. The molecule has 2 aromatic rings. The van der Waals surface area contributed by atoms with E-state index in [1.165, 1.54) is 37.4 Å². The molecule has 0 saturated heterocycles. The number of methoxy groups -OCH3 is 1. The first-order valence-corrected chi connectivity index (χ1v) is 5.24. The summed E-state index contributed by atoms with van der Waals surface area (Å²) < 4.78 is 31.8. The molecule has 0 heterocycles. The van der Waals surface area contributed by atoms with Crippen molar-refractivity contribution in [2.75, 3.05) is 7.11 Å². The van der Waals surface area contributed by atoms with Crippen molar-refractivity contribution in [1.82, 2.24) is 0 Å². The highest BCUT2D eigenvalue weighted by Gasteiger charge is 2.10. The first-order chi connectivity index (χ1) is 8.65. The molecule has 0 aromatic heterocycles. The smallest absolute Gasteiger partial charge is 0.152 e. The normalized spacial score (nSPS) is 10.2. The zero-order valence-electron chi connectivity index (χ0n) is 9.61. The van der Waals surface area contributed by atoms with Gasteiger partial charge < -0.3 is 4.74 Å². The number of rotatable bonds is 3. The standard InChI is InChI=1S/C14H10F2O2/c1-18-14-5-4-11(15)7-12(14)9-2-3-10(8-17)13(16)6-9/h2-8H,1H3. The molecular formula is C14H10F2O2. The van der Waals surface area contributed by atoms with Gasteiger partial charge in [0.2, 0.25) is 0 Å². The summed E-state index contributed by atoms with van der Waals surface area (Å²) in [7, 11) is 1.45. The van der Waals surface area contributed by atoms with Gasteiger partial charge in [0.25, 0.3) is 0 Å². The quantitative estimate of drug-likeness (QED) is 0.777. The molecule has 2 aromatic carbocycles. The van der Waals surface area contributed by atoms with Gasteiger partial charge in [-0.3, -0.25) is 4.79 Å². The molecule has 2 rings (SSSR count). The average Bonchev–Trinajstić information content (AvgIpc) is 2.38. The third kappa shape index (κ3) is 2.22. The van der Waals surface area contributed by atoms with Gasteiger partial charge in [-0.25, -0.2) is 8.78 Å². The minimum absolute atomic E-state index is 0.0332. The van der Waals surface area contributed by atoms with Crippen LogP contribution in [0.3, 0.4) is 0 Å². The lowest BCUT2D eigenvalue weighted by Crippen LogP contribution is -1.92. The highest BCUT2D eigenvalue weighted by molar-refractivity contribution is 5.78. The number of benzene rings is 2. The number of hydrogen-bond acceptors (Lipinski definition) is 2. The van der Waals surface area contributed by atoms with Crippen LogP contribution in [0.4, 0.5) is 8.78 Å². The molecule has 0 fully saturated rings. The Morgan fingerprint density at radius 2 is 1.89 bits per heavy atom. The highest BCUT2D eigenvalue weighted by atomic mass is 19.1. The summed E-state index contributed by atoms with van der Waals surface area (Å²) in [6.45, 7) is 0. The molecule has 0 atom stereocenters. The molecule has 0 unspecified atom stereocenters. The van der Waals surface area contributed by atoms with Crippen LogP contribution in [0.15, 0.2) is 36.4 Å². The number of aldehydes is 1. The van der Waals surface area contributed by atoms with Crippen LogP contribution < -0.4 is 4.74 Å². The Hall–Kier alpha value is -2.23. The van der Waals surface area contributed by atoms with Crippen molar-refractivity contribution in [3.8, 4) is 16.9 Å².